The summed E-state index contributed by atoms with van der Waals surface area (Å²) >= 11 is 0. The molecule has 1 aromatic rings. The van der Waals surface area contributed by atoms with Gasteiger partial charge in [-0.2, -0.15) is 0 Å². The summed E-state index contributed by atoms with van der Waals surface area (Å²) in [7, 11) is 0. The molecule has 116 valence electrons. The van der Waals surface area contributed by atoms with E-state index < -0.39 is 0 Å². The van der Waals surface area contributed by atoms with E-state index in [-0.39, 0.29) is 11.4 Å². The molecule has 0 radical (unpaired) electrons. The maximum Gasteiger partial charge on any atom is 0.225 e. The lowest BCUT2D eigenvalue weighted by Crippen LogP contribution is -2.53. The number of morpholine rings is 1. The molecule has 2 rings (SSSR count). The first-order chi connectivity index (χ1) is 10.0. The van der Waals surface area contributed by atoms with E-state index in [2.05, 4.69) is 24.1 Å². The van der Waals surface area contributed by atoms with E-state index in [0.717, 1.165) is 30.9 Å². The van der Waals surface area contributed by atoms with Gasteiger partial charge in [0.05, 0.1) is 13.2 Å². The molecule has 1 saturated heterocycles. The number of nitrogens with zero attached hydrogens (tertiary/aromatic N) is 1. The first-order valence-corrected chi connectivity index (χ1v) is 7.43. The van der Waals surface area contributed by atoms with Crippen LogP contribution in [0.3, 0.4) is 0 Å². The number of amides is 1. The highest BCUT2D eigenvalue weighted by Crippen LogP contribution is 2.19. The summed E-state index contributed by atoms with van der Waals surface area (Å²) in [5.74, 6) is 0.0338. The third-order valence-electron chi connectivity index (χ3n) is 3.87. The number of carbonyl (C=O) groups excluding carboxylic acids is 1. The van der Waals surface area contributed by atoms with Crippen LogP contribution in [0.15, 0.2) is 24.3 Å². The van der Waals surface area contributed by atoms with Crippen molar-refractivity contribution < 1.29 is 9.53 Å². The Hall–Kier alpha value is -1.43. The van der Waals surface area contributed by atoms with Gasteiger partial charge in [0.1, 0.15) is 0 Å². The minimum absolute atomic E-state index is 0.00199. The molecule has 1 aliphatic heterocycles. The molecule has 3 N–H and O–H groups in total. The number of anilines is 1. The summed E-state index contributed by atoms with van der Waals surface area (Å²) in [6.45, 7) is 7.85. The van der Waals surface area contributed by atoms with Gasteiger partial charge in [-0.3, -0.25) is 9.69 Å². The molecule has 21 heavy (non-hydrogen) atoms. The predicted molar refractivity (Wildman–Crippen MR) is 84.1 cm³/mol. The van der Waals surface area contributed by atoms with Gasteiger partial charge in [0.15, 0.2) is 0 Å². The number of hydrogen-bond acceptors (Lipinski definition) is 4. The first-order valence-electron chi connectivity index (χ1n) is 7.43. The lowest BCUT2D eigenvalue weighted by molar-refractivity contribution is -0.117. The summed E-state index contributed by atoms with van der Waals surface area (Å²) in [5.41, 5.74) is 7.43. The molecule has 1 heterocycles. The third-order valence-corrected chi connectivity index (χ3v) is 3.87. The minimum Gasteiger partial charge on any atom is -0.378 e. The van der Waals surface area contributed by atoms with Gasteiger partial charge < -0.3 is 15.8 Å². The number of nitrogens with two attached hydrogens (primary N) is 1. The maximum absolute atomic E-state index is 12.1. The molecule has 1 aromatic carbocycles. The summed E-state index contributed by atoms with van der Waals surface area (Å²) in [6, 6.07) is 7.65. The Balaban J connectivity index is 1.84. The highest BCUT2D eigenvalue weighted by atomic mass is 16.5. The average Bonchev–Trinajstić information content (AvgIpc) is 2.46. The van der Waals surface area contributed by atoms with Crippen molar-refractivity contribution in [1.29, 1.82) is 0 Å². The summed E-state index contributed by atoms with van der Waals surface area (Å²) in [4.78, 5) is 14.4. The Labute approximate surface area is 126 Å². The molecule has 0 aromatic heterocycles. The van der Waals surface area contributed by atoms with E-state index in [1.165, 1.54) is 0 Å². The lowest BCUT2D eigenvalue weighted by atomic mass is 10.0. The SMILES string of the molecule is CC1(C)COCCN1CCC(=O)Nc1cccc(CN)c1. The molecule has 0 unspecified atom stereocenters. The van der Waals surface area contributed by atoms with Crippen molar-refractivity contribution in [2.75, 3.05) is 31.6 Å². The maximum atomic E-state index is 12.1. The van der Waals surface area contributed by atoms with Crippen LogP contribution < -0.4 is 11.1 Å². The van der Waals surface area contributed by atoms with Gasteiger partial charge in [0.25, 0.3) is 0 Å². The van der Waals surface area contributed by atoms with Crippen LogP contribution in [0.1, 0.15) is 25.8 Å². The van der Waals surface area contributed by atoms with Crippen molar-refractivity contribution >= 4 is 11.6 Å². The Morgan fingerprint density at radius 3 is 3.00 bits per heavy atom. The molecule has 1 fully saturated rings. The van der Waals surface area contributed by atoms with E-state index in [0.29, 0.717) is 19.6 Å². The number of carbonyl (C=O) groups is 1. The zero-order valence-corrected chi connectivity index (χ0v) is 12.9. The van der Waals surface area contributed by atoms with Crippen LogP contribution in [0.25, 0.3) is 0 Å². The average molecular weight is 291 g/mol. The Bertz CT molecular complexity index is 488. The minimum atomic E-state index is -0.00199. The fraction of sp³-hybridized carbons (Fsp3) is 0.562. The molecule has 0 spiro atoms. The molecule has 0 aliphatic carbocycles. The monoisotopic (exact) mass is 291 g/mol. The van der Waals surface area contributed by atoms with Crippen LogP contribution in [0.4, 0.5) is 5.69 Å². The van der Waals surface area contributed by atoms with Crippen molar-refractivity contribution in [3.63, 3.8) is 0 Å². The molecular weight excluding hydrogens is 266 g/mol. The van der Waals surface area contributed by atoms with E-state index >= 15 is 0 Å². The van der Waals surface area contributed by atoms with Crippen molar-refractivity contribution in [3.05, 3.63) is 29.8 Å². The Morgan fingerprint density at radius 1 is 1.48 bits per heavy atom. The van der Waals surface area contributed by atoms with Gasteiger partial charge in [0, 0.05) is 37.3 Å². The summed E-state index contributed by atoms with van der Waals surface area (Å²) < 4.78 is 5.49. The molecule has 1 amide bonds. The van der Waals surface area contributed by atoms with E-state index in [1.807, 2.05) is 24.3 Å². The quantitative estimate of drug-likeness (QED) is 0.864. The van der Waals surface area contributed by atoms with Gasteiger partial charge in [0.2, 0.25) is 5.91 Å². The van der Waals surface area contributed by atoms with Crippen LogP contribution in [0.5, 0.6) is 0 Å². The van der Waals surface area contributed by atoms with Gasteiger partial charge in [-0.1, -0.05) is 12.1 Å². The van der Waals surface area contributed by atoms with Crippen LogP contribution >= 0.6 is 0 Å². The van der Waals surface area contributed by atoms with Crippen molar-refractivity contribution in [2.45, 2.75) is 32.4 Å². The zero-order chi connectivity index (χ0) is 15.3. The smallest absolute Gasteiger partial charge is 0.225 e. The second-order valence-corrected chi connectivity index (χ2v) is 6.05. The largest absolute Gasteiger partial charge is 0.378 e. The molecule has 5 nitrogen and oxygen atoms in total. The zero-order valence-electron chi connectivity index (χ0n) is 12.9. The molecule has 1 aliphatic rings. The number of hydrogen-bond donors (Lipinski definition) is 2. The Kier molecular flexibility index (Phi) is 5.33. The van der Waals surface area contributed by atoms with E-state index in [4.69, 9.17) is 10.5 Å². The van der Waals surface area contributed by atoms with Crippen molar-refractivity contribution in [1.82, 2.24) is 4.90 Å². The van der Waals surface area contributed by atoms with Crippen LogP contribution in [-0.4, -0.2) is 42.6 Å². The lowest BCUT2D eigenvalue weighted by Gasteiger charge is -2.42. The van der Waals surface area contributed by atoms with E-state index in [9.17, 15) is 4.79 Å². The summed E-state index contributed by atoms with van der Waals surface area (Å²) in [5, 5.41) is 2.93. The van der Waals surface area contributed by atoms with Crippen LogP contribution in [0.2, 0.25) is 0 Å². The van der Waals surface area contributed by atoms with Crippen molar-refractivity contribution in [2.24, 2.45) is 5.73 Å². The van der Waals surface area contributed by atoms with Crippen LogP contribution in [0, 0.1) is 0 Å². The molecule has 0 saturated carbocycles. The number of benzene rings is 1. The normalized spacial score (nSPS) is 18.4. The molecule has 0 bridgehead atoms. The standard InChI is InChI=1S/C16H25N3O2/c1-16(2)12-21-9-8-19(16)7-6-15(20)18-14-5-3-4-13(10-14)11-17/h3-5,10H,6-9,11-12,17H2,1-2H3,(H,18,20). The fourth-order valence-corrected chi connectivity index (χ4v) is 2.54. The number of nitrogens with one attached hydrogen (secondary N) is 1. The fourth-order valence-electron chi connectivity index (χ4n) is 2.54. The van der Waals surface area contributed by atoms with Gasteiger partial charge in [-0.05, 0) is 31.5 Å². The predicted octanol–water partition coefficient (Wildman–Crippen LogP) is 1.58. The number of rotatable bonds is 5. The van der Waals surface area contributed by atoms with Gasteiger partial charge in [-0.25, -0.2) is 0 Å². The van der Waals surface area contributed by atoms with Gasteiger partial charge in [-0.15, -0.1) is 0 Å². The van der Waals surface area contributed by atoms with Crippen molar-refractivity contribution in [3.8, 4) is 0 Å². The number of ether oxygens (including phenoxy) is 1. The second-order valence-electron chi connectivity index (χ2n) is 6.05. The third kappa shape index (κ3) is 4.52. The molecule has 0 atom stereocenters. The highest BCUT2D eigenvalue weighted by molar-refractivity contribution is 5.90. The Morgan fingerprint density at radius 2 is 2.29 bits per heavy atom. The topological polar surface area (TPSA) is 67.6 Å². The van der Waals surface area contributed by atoms with E-state index in [1.54, 1.807) is 0 Å². The highest BCUT2D eigenvalue weighted by Gasteiger charge is 2.30. The first kappa shape index (κ1) is 15.9. The van der Waals surface area contributed by atoms with Crippen LogP contribution in [-0.2, 0) is 16.1 Å². The second kappa shape index (κ2) is 7.02. The summed E-state index contributed by atoms with van der Waals surface area (Å²) in [6.07, 6.45) is 0.482. The molecular formula is C16H25N3O2. The molecule has 5 heteroatoms. The van der Waals surface area contributed by atoms with Gasteiger partial charge >= 0.3 is 0 Å².